The summed E-state index contributed by atoms with van der Waals surface area (Å²) in [6, 6.07) is 8.56. The zero-order chi connectivity index (χ0) is 24.4. The standard InChI is InChI=1S/C23H26FN5O.C2H6O/c1-6-22(30-5)26-12-17(4)29-14-16(3)27-28-23(29)18-7-10-21(25-13-18)20-9-8-19(24)11-15(20)2;1-3-2/h6-13,17H,14H2,1-5H3;1-2H3/b22-6+,26-12-;. The summed E-state index contributed by atoms with van der Waals surface area (Å²) < 4.78 is 22.9. The average molecular weight is 454 g/mol. The Morgan fingerprint density at radius 1 is 1.15 bits per heavy atom. The molecule has 2 aromatic rings. The zero-order valence-electron chi connectivity index (χ0n) is 20.3. The second kappa shape index (κ2) is 12.6. The van der Waals surface area contributed by atoms with Crippen LogP contribution in [0.1, 0.15) is 31.9 Å². The van der Waals surface area contributed by atoms with E-state index in [9.17, 15) is 4.39 Å². The van der Waals surface area contributed by atoms with E-state index >= 15 is 0 Å². The number of hydrogen-bond acceptors (Lipinski definition) is 7. The third-order valence-corrected chi connectivity index (χ3v) is 4.84. The van der Waals surface area contributed by atoms with Gasteiger partial charge in [0.15, 0.2) is 5.84 Å². The van der Waals surface area contributed by atoms with E-state index in [1.54, 1.807) is 39.7 Å². The Morgan fingerprint density at radius 3 is 2.45 bits per heavy atom. The highest BCUT2D eigenvalue weighted by Gasteiger charge is 2.23. The van der Waals surface area contributed by atoms with E-state index in [2.05, 4.69) is 29.8 Å². The maximum absolute atomic E-state index is 13.4. The summed E-state index contributed by atoms with van der Waals surface area (Å²) in [7, 11) is 4.85. The van der Waals surface area contributed by atoms with Crippen LogP contribution in [0.2, 0.25) is 0 Å². The number of aromatic nitrogens is 1. The van der Waals surface area contributed by atoms with Crippen LogP contribution in [0, 0.1) is 12.7 Å². The summed E-state index contributed by atoms with van der Waals surface area (Å²) >= 11 is 0. The first-order valence-electron chi connectivity index (χ1n) is 10.6. The highest BCUT2D eigenvalue weighted by Crippen LogP contribution is 2.23. The molecule has 0 N–H and O–H groups in total. The number of halogens is 1. The number of allylic oxidation sites excluding steroid dienone is 1. The molecule has 176 valence electrons. The van der Waals surface area contributed by atoms with Crippen molar-refractivity contribution < 1.29 is 13.9 Å². The number of nitrogens with zero attached hydrogens (tertiary/aromatic N) is 5. The molecule has 0 amide bonds. The van der Waals surface area contributed by atoms with Crippen LogP contribution in [0.25, 0.3) is 11.3 Å². The number of rotatable bonds is 6. The van der Waals surface area contributed by atoms with Crippen molar-refractivity contribution >= 4 is 17.8 Å². The summed E-state index contributed by atoms with van der Waals surface area (Å²) in [5.41, 5.74) is 4.30. The van der Waals surface area contributed by atoms with E-state index in [1.165, 1.54) is 12.1 Å². The number of benzene rings is 1. The lowest BCUT2D eigenvalue weighted by atomic mass is 10.0. The SMILES string of the molecule is C/C=C(\N=C/C(C)N1CC(C)=NN=C1c1ccc(-c2ccc(F)cc2C)nc1)OC.COC. The van der Waals surface area contributed by atoms with Crippen molar-refractivity contribution in [2.75, 3.05) is 27.9 Å². The van der Waals surface area contributed by atoms with Gasteiger partial charge in [-0.1, -0.05) is 0 Å². The predicted octanol–water partition coefficient (Wildman–Crippen LogP) is 4.86. The van der Waals surface area contributed by atoms with Gasteiger partial charge in [0.1, 0.15) is 5.82 Å². The average Bonchev–Trinajstić information content (AvgIpc) is 2.80. The minimum atomic E-state index is -0.251. The van der Waals surface area contributed by atoms with E-state index in [0.717, 1.165) is 33.9 Å². The van der Waals surface area contributed by atoms with Crippen LogP contribution >= 0.6 is 0 Å². The lowest BCUT2D eigenvalue weighted by Gasteiger charge is -2.31. The number of aryl methyl sites for hydroxylation is 1. The molecule has 0 fully saturated rings. The number of pyridine rings is 1. The number of aliphatic imine (C=N–C) groups is 1. The van der Waals surface area contributed by atoms with Gasteiger partial charge in [0.25, 0.3) is 0 Å². The molecule has 1 aliphatic rings. The third kappa shape index (κ3) is 7.05. The van der Waals surface area contributed by atoms with Crippen molar-refractivity contribution in [3.8, 4) is 11.3 Å². The molecule has 1 unspecified atom stereocenters. The highest BCUT2D eigenvalue weighted by molar-refractivity contribution is 6.04. The second-order valence-electron chi connectivity index (χ2n) is 7.54. The molecule has 1 aromatic heterocycles. The Balaban J connectivity index is 0.00000122. The molecule has 0 bridgehead atoms. The van der Waals surface area contributed by atoms with Crippen LogP contribution in [0.3, 0.4) is 0 Å². The minimum Gasteiger partial charge on any atom is -0.481 e. The number of ether oxygens (including phenoxy) is 2. The second-order valence-corrected chi connectivity index (χ2v) is 7.54. The van der Waals surface area contributed by atoms with Crippen molar-refractivity contribution in [3.63, 3.8) is 0 Å². The van der Waals surface area contributed by atoms with Gasteiger partial charge in [-0.2, -0.15) is 5.10 Å². The number of methoxy groups -OCH3 is 2. The van der Waals surface area contributed by atoms with E-state index in [1.807, 2.05) is 46.0 Å². The van der Waals surface area contributed by atoms with Gasteiger partial charge in [0.2, 0.25) is 5.88 Å². The van der Waals surface area contributed by atoms with Crippen LogP contribution in [0.5, 0.6) is 0 Å². The topological polar surface area (TPSA) is 71.7 Å². The van der Waals surface area contributed by atoms with Gasteiger partial charge in [-0.15, -0.1) is 5.10 Å². The van der Waals surface area contributed by atoms with Gasteiger partial charge in [-0.25, -0.2) is 9.38 Å². The smallest absolute Gasteiger partial charge is 0.208 e. The van der Waals surface area contributed by atoms with Crippen molar-refractivity contribution in [2.24, 2.45) is 15.2 Å². The normalized spacial score (nSPS) is 14.9. The summed E-state index contributed by atoms with van der Waals surface area (Å²) in [5, 5.41) is 8.68. The maximum Gasteiger partial charge on any atom is 0.208 e. The zero-order valence-corrected chi connectivity index (χ0v) is 20.3. The van der Waals surface area contributed by atoms with Gasteiger partial charge in [0.05, 0.1) is 31.1 Å². The molecular weight excluding hydrogens is 421 g/mol. The highest BCUT2D eigenvalue weighted by atomic mass is 19.1. The van der Waals surface area contributed by atoms with E-state index < -0.39 is 0 Å². The van der Waals surface area contributed by atoms with Gasteiger partial charge in [-0.3, -0.25) is 4.98 Å². The fourth-order valence-electron chi connectivity index (χ4n) is 3.21. The molecule has 8 heteroatoms. The monoisotopic (exact) mass is 453 g/mol. The number of amidine groups is 1. The fraction of sp³-hybridized carbons (Fsp3) is 0.360. The lowest BCUT2D eigenvalue weighted by molar-refractivity contribution is 0.277. The van der Waals surface area contributed by atoms with Crippen LogP contribution in [-0.4, -0.2) is 61.6 Å². The van der Waals surface area contributed by atoms with Crippen molar-refractivity contribution in [1.29, 1.82) is 0 Å². The largest absolute Gasteiger partial charge is 0.481 e. The molecule has 1 aromatic carbocycles. The Kier molecular flexibility index (Phi) is 9.87. The molecule has 2 heterocycles. The summed E-state index contributed by atoms with van der Waals surface area (Å²) in [4.78, 5) is 11.1. The maximum atomic E-state index is 13.4. The van der Waals surface area contributed by atoms with Gasteiger partial charge < -0.3 is 14.4 Å². The molecular formula is C25H32FN5O2. The first kappa shape index (κ1) is 25.9. The summed E-state index contributed by atoms with van der Waals surface area (Å²) in [6.07, 6.45) is 5.41. The molecule has 0 spiro atoms. The molecule has 33 heavy (non-hydrogen) atoms. The molecule has 0 radical (unpaired) electrons. The summed E-state index contributed by atoms with van der Waals surface area (Å²) in [6.45, 7) is 8.38. The Morgan fingerprint density at radius 2 is 1.88 bits per heavy atom. The Labute approximate surface area is 195 Å². The molecule has 7 nitrogen and oxygen atoms in total. The van der Waals surface area contributed by atoms with Crippen LogP contribution in [0.15, 0.2) is 63.7 Å². The van der Waals surface area contributed by atoms with Crippen molar-refractivity contribution in [3.05, 3.63) is 65.4 Å². The predicted molar refractivity (Wildman–Crippen MR) is 132 cm³/mol. The van der Waals surface area contributed by atoms with Gasteiger partial charge in [-0.05, 0) is 69.7 Å². The van der Waals surface area contributed by atoms with Crippen molar-refractivity contribution in [2.45, 2.75) is 33.7 Å². The summed E-state index contributed by atoms with van der Waals surface area (Å²) in [5.74, 6) is 1.04. The van der Waals surface area contributed by atoms with Crippen LogP contribution in [0.4, 0.5) is 4.39 Å². The molecule has 1 aliphatic heterocycles. The lowest BCUT2D eigenvalue weighted by Crippen LogP contribution is -2.44. The van der Waals surface area contributed by atoms with Crippen molar-refractivity contribution in [1.82, 2.24) is 9.88 Å². The fourth-order valence-corrected chi connectivity index (χ4v) is 3.21. The van der Waals surface area contributed by atoms with E-state index in [4.69, 9.17) is 4.74 Å². The molecule has 1 atom stereocenters. The van der Waals surface area contributed by atoms with E-state index in [-0.39, 0.29) is 11.9 Å². The first-order valence-corrected chi connectivity index (χ1v) is 10.6. The minimum absolute atomic E-state index is 0.0293. The van der Waals surface area contributed by atoms with Gasteiger partial charge >= 0.3 is 0 Å². The van der Waals surface area contributed by atoms with Crippen LogP contribution in [-0.2, 0) is 9.47 Å². The molecule has 0 saturated heterocycles. The number of hydrogen-bond donors (Lipinski definition) is 0. The first-order chi connectivity index (χ1) is 15.8. The van der Waals surface area contributed by atoms with E-state index in [0.29, 0.717) is 12.4 Å². The van der Waals surface area contributed by atoms with Gasteiger partial charge in [0, 0.05) is 37.8 Å². The Hall–Kier alpha value is -3.39. The molecule has 0 aliphatic carbocycles. The molecule has 3 rings (SSSR count). The third-order valence-electron chi connectivity index (χ3n) is 4.84. The molecule has 0 saturated carbocycles. The quantitative estimate of drug-likeness (QED) is 0.462. The van der Waals surface area contributed by atoms with Crippen LogP contribution < -0.4 is 0 Å². The Bertz CT molecular complexity index is 1050.